The minimum atomic E-state index is -0.0571. The van der Waals surface area contributed by atoms with Gasteiger partial charge in [0.1, 0.15) is 0 Å². The first-order chi connectivity index (χ1) is 7.18. The monoisotopic (exact) mass is 209 g/mol. The molecular formula is C10H15N3O2. The van der Waals surface area contributed by atoms with E-state index in [4.69, 9.17) is 4.42 Å². The van der Waals surface area contributed by atoms with Crippen LogP contribution in [0.2, 0.25) is 0 Å². The maximum Gasteiger partial charge on any atom is 0.291 e. The summed E-state index contributed by atoms with van der Waals surface area (Å²) in [7, 11) is 0. The predicted octanol–water partition coefficient (Wildman–Crippen LogP) is 0.417. The summed E-state index contributed by atoms with van der Waals surface area (Å²) in [5, 5.41) is 3.29. The summed E-state index contributed by atoms with van der Waals surface area (Å²) in [6.45, 7) is 6.12. The van der Waals surface area contributed by atoms with Gasteiger partial charge < -0.3 is 14.6 Å². The van der Waals surface area contributed by atoms with E-state index in [2.05, 4.69) is 17.2 Å². The molecule has 0 radical (unpaired) electrons. The van der Waals surface area contributed by atoms with Gasteiger partial charge in [-0.05, 0) is 13.8 Å². The Kier molecular flexibility index (Phi) is 2.73. The number of nitrogens with zero attached hydrogens (tertiary/aromatic N) is 2. The molecule has 0 aromatic carbocycles. The summed E-state index contributed by atoms with van der Waals surface area (Å²) >= 11 is 0. The molecule has 1 atom stereocenters. The van der Waals surface area contributed by atoms with Crippen molar-refractivity contribution in [3.63, 3.8) is 0 Å². The number of carbonyl (C=O) groups excluding carboxylic acids is 1. The SMILES string of the molecule is Cc1ncoc1C(=O)N1CCN[C@H](C)C1. The number of oxazole rings is 1. The number of piperazine rings is 1. The number of hydrogen-bond donors (Lipinski definition) is 1. The predicted molar refractivity (Wildman–Crippen MR) is 54.6 cm³/mol. The molecule has 1 saturated heterocycles. The average molecular weight is 209 g/mol. The highest BCUT2D eigenvalue weighted by Gasteiger charge is 2.25. The number of nitrogens with one attached hydrogen (secondary N) is 1. The summed E-state index contributed by atoms with van der Waals surface area (Å²) in [6.07, 6.45) is 1.31. The van der Waals surface area contributed by atoms with E-state index < -0.39 is 0 Å². The second-order valence-corrected chi connectivity index (χ2v) is 3.87. The zero-order valence-electron chi connectivity index (χ0n) is 8.99. The molecule has 1 fully saturated rings. The van der Waals surface area contributed by atoms with E-state index in [1.54, 1.807) is 11.8 Å². The normalized spacial score (nSPS) is 21.7. The Morgan fingerprint density at radius 1 is 1.73 bits per heavy atom. The fraction of sp³-hybridized carbons (Fsp3) is 0.600. The maximum absolute atomic E-state index is 12.0. The first-order valence-corrected chi connectivity index (χ1v) is 5.11. The van der Waals surface area contributed by atoms with Crippen LogP contribution >= 0.6 is 0 Å². The zero-order chi connectivity index (χ0) is 10.8. The molecule has 1 aliphatic heterocycles. The third-order valence-corrected chi connectivity index (χ3v) is 2.60. The van der Waals surface area contributed by atoms with Gasteiger partial charge in [0.2, 0.25) is 5.76 Å². The zero-order valence-corrected chi connectivity index (χ0v) is 8.99. The van der Waals surface area contributed by atoms with Gasteiger partial charge in [0.05, 0.1) is 5.69 Å². The molecule has 5 nitrogen and oxygen atoms in total. The molecule has 1 aromatic heterocycles. The van der Waals surface area contributed by atoms with Gasteiger partial charge in [-0.1, -0.05) is 0 Å². The fourth-order valence-electron chi connectivity index (χ4n) is 1.77. The molecule has 1 aliphatic rings. The van der Waals surface area contributed by atoms with E-state index in [-0.39, 0.29) is 5.91 Å². The van der Waals surface area contributed by atoms with Crippen molar-refractivity contribution in [2.45, 2.75) is 19.9 Å². The smallest absolute Gasteiger partial charge is 0.291 e. The van der Waals surface area contributed by atoms with Crippen LogP contribution in [0, 0.1) is 6.92 Å². The van der Waals surface area contributed by atoms with Gasteiger partial charge in [0.15, 0.2) is 6.39 Å². The Labute approximate surface area is 88.5 Å². The molecule has 2 heterocycles. The van der Waals surface area contributed by atoms with Gasteiger partial charge in [-0.3, -0.25) is 4.79 Å². The van der Waals surface area contributed by atoms with Crippen molar-refractivity contribution in [1.82, 2.24) is 15.2 Å². The van der Waals surface area contributed by atoms with Crippen molar-refractivity contribution < 1.29 is 9.21 Å². The Morgan fingerprint density at radius 3 is 3.13 bits per heavy atom. The molecule has 1 amide bonds. The second kappa shape index (κ2) is 4.02. The molecule has 0 spiro atoms. The summed E-state index contributed by atoms with van der Waals surface area (Å²) in [5.41, 5.74) is 0.659. The highest BCUT2D eigenvalue weighted by atomic mass is 16.3. The molecule has 15 heavy (non-hydrogen) atoms. The summed E-state index contributed by atoms with van der Waals surface area (Å²) in [5.74, 6) is 0.308. The van der Waals surface area contributed by atoms with Crippen LogP contribution in [0.15, 0.2) is 10.8 Å². The van der Waals surface area contributed by atoms with E-state index in [1.807, 2.05) is 0 Å². The number of hydrogen-bond acceptors (Lipinski definition) is 4. The molecule has 1 aromatic rings. The van der Waals surface area contributed by atoms with Crippen LogP contribution in [-0.2, 0) is 0 Å². The number of rotatable bonds is 1. The standard InChI is InChI=1S/C10H15N3O2/c1-7-5-13(4-3-11-7)10(14)9-8(2)12-6-15-9/h6-7,11H,3-5H2,1-2H3/t7-/m1/s1. The van der Waals surface area contributed by atoms with Crippen molar-refractivity contribution in [3.8, 4) is 0 Å². The van der Waals surface area contributed by atoms with Crippen molar-refractivity contribution >= 4 is 5.91 Å². The molecule has 1 N–H and O–H groups in total. The van der Waals surface area contributed by atoms with Crippen LogP contribution in [0.4, 0.5) is 0 Å². The largest absolute Gasteiger partial charge is 0.438 e. The third kappa shape index (κ3) is 2.02. The van der Waals surface area contributed by atoms with Crippen molar-refractivity contribution in [2.75, 3.05) is 19.6 Å². The Bertz CT molecular complexity index is 361. The van der Waals surface area contributed by atoms with Crippen molar-refractivity contribution in [2.24, 2.45) is 0 Å². The van der Waals surface area contributed by atoms with Crippen molar-refractivity contribution in [3.05, 3.63) is 17.8 Å². The van der Waals surface area contributed by atoms with Crippen molar-refractivity contribution in [1.29, 1.82) is 0 Å². The Hall–Kier alpha value is -1.36. The summed E-state index contributed by atoms with van der Waals surface area (Å²) in [6, 6.07) is 0.339. The van der Waals surface area contributed by atoms with Gasteiger partial charge in [0, 0.05) is 25.7 Å². The molecule has 0 saturated carbocycles. The topological polar surface area (TPSA) is 58.4 Å². The lowest BCUT2D eigenvalue weighted by molar-refractivity contribution is 0.0676. The number of amides is 1. The van der Waals surface area contributed by atoms with Crippen LogP contribution in [0.5, 0.6) is 0 Å². The van der Waals surface area contributed by atoms with Gasteiger partial charge in [-0.2, -0.15) is 0 Å². The van der Waals surface area contributed by atoms with E-state index in [1.165, 1.54) is 6.39 Å². The lowest BCUT2D eigenvalue weighted by Gasteiger charge is -2.31. The minimum absolute atomic E-state index is 0.0571. The number of carbonyl (C=O) groups is 1. The van der Waals surface area contributed by atoms with Gasteiger partial charge in [-0.15, -0.1) is 0 Å². The number of aryl methyl sites for hydroxylation is 1. The molecular weight excluding hydrogens is 194 g/mol. The Morgan fingerprint density at radius 2 is 2.53 bits per heavy atom. The quantitative estimate of drug-likeness (QED) is 0.728. The van der Waals surface area contributed by atoms with E-state index in [0.717, 1.165) is 19.6 Å². The first-order valence-electron chi connectivity index (χ1n) is 5.11. The van der Waals surface area contributed by atoms with E-state index in [0.29, 0.717) is 17.5 Å². The second-order valence-electron chi connectivity index (χ2n) is 3.87. The summed E-state index contributed by atoms with van der Waals surface area (Å²) < 4.78 is 5.09. The Balaban J connectivity index is 2.11. The average Bonchev–Trinajstić information content (AvgIpc) is 2.63. The van der Waals surface area contributed by atoms with Gasteiger partial charge in [-0.25, -0.2) is 4.98 Å². The lowest BCUT2D eigenvalue weighted by Crippen LogP contribution is -2.51. The molecule has 0 unspecified atom stereocenters. The van der Waals surface area contributed by atoms with Crippen LogP contribution in [0.1, 0.15) is 23.2 Å². The van der Waals surface area contributed by atoms with Crippen LogP contribution < -0.4 is 5.32 Å². The third-order valence-electron chi connectivity index (χ3n) is 2.60. The first kappa shape index (κ1) is 10.2. The van der Waals surface area contributed by atoms with Crippen LogP contribution in [0.3, 0.4) is 0 Å². The van der Waals surface area contributed by atoms with Crippen LogP contribution in [0.25, 0.3) is 0 Å². The molecule has 5 heteroatoms. The minimum Gasteiger partial charge on any atom is -0.438 e. The lowest BCUT2D eigenvalue weighted by atomic mass is 10.2. The molecule has 82 valence electrons. The highest BCUT2D eigenvalue weighted by molar-refractivity contribution is 5.92. The molecule has 2 rings (SSSR count). The summed E-state index contributed by atoms with van der Waals surface area (Å²) in [4.78, 5) is 17.7. The fourth-order valence-corrected chi connectivity index (χ4v) is 1.77. The molecule has 0 aliphatic carbocycles. The van der Waals surface area contributed by atoms with E-state index in [9.17, 15) is 4.79 Å². The maximum atomic E-state index is 12.0. The highest BCUT2D eigenvalue weighted by Crippen LogP contribution is 2.10. The van der Waals surface area contributed by atoms with Crippen LogP contribution in [-0.4, -0.2) is 41.5 Å². The van der Waals surface area contributed by atoms with Gasteiger partial charge in [0.25, 0.3) is 5.91 Å². The van der Waals surface area contributed by atoms with Gasteiger partial charge >= 0.3 is 0 Å². The van der Waals surface area contributed by atoms with E-state index >= 15 is 0 Å². The number of aromatic nitrogens is 1. The molecule has 0 bridgehead atoms.